The predicted octanol–water partition coefficient (Wildman–Crippen LogP) is 5.18. The number of aromatic carboxylic acids is 1. The smallest absolute Gasteiger partial charge is 0.335 e. The van der Waals surface area contributed by atoms with E-state index in [0.717, 1.165) is 49.2 Å². The van der Waals surface area contributed by atoms with Gasteiger partial charge in [-0.1, -0.05) is 30.3 Å². The van der Waals surface area contributed by atoms with E-state index in [9.17, 15) is 4.79 Å². The third-order valence-electron chi connectivity index (χ3n) is 3.64. The molecule has 2 aromatic carbocycles. The van der Waals surface area contributed by atoms with Crippen molar-refractivity contribution in [2.75, 3.05) is 6.61 Å². The van der Waals surface area contributed by atoms with Crippen molar-refractivity contribution in [1.29, 1.82) is 0 Å². The minimum absolute atomic E-state index is 0.296. The SMILES string of the molecule is C=CCCCCCOc1ccc(-c2ccc(C(=O)O)cc2)cc1. The molecule has 0 aromatic heterocycles. The zero-order valence-electron chi connectivity index (χ0n) is 13.2. The van der Waals surface area contributed by atoms with Crippen LogP contribution in [0.2, 0.25) is 0 Å². The second-order valence-corrected chi connectivity index (χ2v) is 5.39. The maximum absolute atomic E-state index is 10.9. The van der Waals surface area contributed by atoms with Crippen molar-refractivity contribution in [3.8, 4) is 16.9 Å². The number of hydrogen-bond donors (Lipinski definition) is 1. The van der Waals surface area contributed by atoms with Crippen molar-refractivity contribution in [1.82, 2.24) is 0 Å². The summed E-state index contributed by atoms with van der Waals surface area (Å²) >= 11 is 0. The van der Waals surface area contributed by atoms with Gasteiger partial charge in [-0.15, -0.1) is 6.58 Å². The molecule has 2 rings (SSSR count). The fourth-order valence-electron chi connectivity index (χ4n) is 2.31. The molecule has 0 aliphatic rings. The van der Waals surface area contributed by atoms with Gasteiger partial charge >= 0.3 is 5.97 Å². The molecule has 0 unspecified atom stereocenters. The summed E-state index contributed by atoms with van der Waals surface area (Å²) in [5.41, 5.74) is 2.33. The van der Waals surface area contributed by atoms with Gasteiger partial charge in [0.25, 0.3) is 0 Å². The minimum atomic E-state index is -0.909. The second kappa shape index (κ2) is 8.79. The molecule has 0 aliphatic heterocycles. The molecule has 0 aliphatic carbocycles. The Morgan fingerprint density at radius 3 is 2.13 bits per heavy atom. The standard InChI is InChI=1S/C20H22O3/c1-2-3-4-5-6-15-23-19-13-11-17(12-14-19)16-7-9-18(10-8-16)20(21)22/h2,7-14H,1,3-6,15H2,(H,21,22). The summed E-state index contributed by atoms with van der Waals surface area (Å²) in [6, 6.07) is 14.7. The highest BCUT2D eigenvalue weighted by Gasteiger charge is 2.03. The van der Waals surface area contributed by atoms with Crippen LogP contribution in [-0.2, 0) is 0 Å². The van der Waals surface area contributed by atoms with Crippen molar-refractivity contribution >= 4 is 5.97 Å². The van der Waals surface area contributed by atoms with E-state index in [1.807, 2.05) is 42.5 Å². The summed E-state index contributed by atoms with van der Waals surface area (Å²) < 4.78 is 5.72. The summed E-state index contributed by atoms with van der Waals surface area (Å²) in [5, 5.41) is 8.91. The lowest BCUT2D eigenvalue weighted by atomic mass is 10.0. The molecule has 3 heteroatoms. The van der Waals surface area contributed by atoms with Crippen molar-refractivity contribution < 1.29 is 14.6 Å². The first-order valence-corrected chi connectivity index (χ1v) is 7.88. The average Bonchev–Trinajstić information content (AvgIpc) is 2.58. The van der Waals surface area contributed by atoms with E-state index in [-0.39, 0.29) is 0 Å². The van der Waals surface area contributed by atoms with E-state index in [4.69, 9.17) is 9.84 Å². The average molecular weight is 310 g/mol. The Morgan fingerprint density at radius 1 is 0.957 bits per heavy atom. The second-order valence-electron chi connectivity index (χ2n) is 5.39. The van der Waals surface area contributed by atoms with Crippen molar-refractivity contribution in [3.05, 3.63) is 66.7 Å². The third-order valence-corrected chi connectivity index (χ3v) is 3.64. The van der Waals surface area contributed by atoms with Crippen LogP contribution in [0.25, 0.3) is 11.1 Å². The van der Waals surface area contributed by atoms with Gasteiger partial charge in [0.15, 0.2) is 0 Å². The van der Waals surface area contributed by atoms with Gasteiger partial charge in [-0.3, -0.25) is 0 Å². The first kappa shape index (κ1) is 16.8. The van der Waals surface area contributed by atoms with Gasteiger partial charge < -0.3 is 9.84 Å². The zero-order valence-corrected chi connectivity index (χ0v) is 13.2. The number of carboxylic acids is 1. The molecule has 2 aromatic rings. The van der Waals surface area contributed by atoms with Gasteiger partial charge in [-0.2, -0.15) is 0 Å². The number of ether oxygens (including phenoxy) is 1. The Labute approximate surface area is 137 Å². The molecule has 0 saturated carbocycles. The van der Waals surface area contributed by atoms with Crippen LogP contribution in [0.15, 0.2) is 61.2 Å². The van der Waals surface area contributed by atoms with Gasteiger partial charge in [0.05, 0.1) is 12.2 Å². The molecular weight excluding hydrogens is 288 g/mol. The molecule has 3 nitrogen and oxygen atoms in total. The van der Waals surface area contributed by atoms with Crippen molar-refractivity contribution in [2.24, 2.45) is 0 Å². The lowest BCUT2D eigenvalue weighted by molar-refractivity contribution is 0.0697. The maximum atomic E-state index is 10.9. The van der Waals surface area contributed by atoms with Crippen molar-refractivity contribution in [3.63, 3.8) is 0 Å². The number of hydrogen-bond acceptors (Lipinski definition) is 2. The summed E-state index contributed by atoms with van der Waals surface area (Å²) in [7, 11) is 0. The quantitative estimate of drug-likeness (QED) is 0.513. The highest BCUT2D eigenvalue weighted by Crippen LogP contribution is 2.23. The highest BCUT2D eigenvalue weighted by atomic mass is 16.5. The number of rotatable bonds is 9. The van der Waals surface area contributed by atoms with Gasteiger partial charge in [0.2, 0.25) is 0 Å². The van der Waals surface area contributed by atoms with E-state index < -0.39 is 5.97 Å². The zero-order chi connectivity index (χ0) is 16.5. The summed E-state index contributed by atoms with van der Waals surface area (Å²) in [6.07, 6.45) is 6.38. The molecule has 0 heterocycles. The molecule has 0 fully saturated rings. The molecule has 0 radical (unpaired) electrons. The molecule has 0 saturated heterocycles. The van der Waals surface area contributed by atoms with Crippen LogP contribution in [0.3, 0.4) is 0 Å². The number of carbonyl (C=O) groups is 1. The lowest BCUT2D eigenvalue weighted by Gasteiger charge is -2.07. The molecule has 0 amide bonds. The maximum Gasteiger partial charge on any atom is 0.335 e. The number of allylic oxidation sites excluding steroid dienone is 1. The molecule has 0 atom stereocenters. The van der Waals surface area contributed by atoms with Gasteiger partial charge in [0, 0.05) is 0 Å². The van der Waals surface area contributed by atoms with Crippen LogP contribution in [-0.4, -0.2) is 17.7 Å². The summed E-state index contributed by atoms with van der Waals surface area (Å²) in [5.74, 6) is -0.0481. The Morgan fingerprint density at radius 2 is 1.57 bits per heavy atom. The van der Waals surface area contributed by atoms with Gasteiger partial charge in [-0.25, -0.2) is 4.79 Å². The lowest BCUT2D eigenvalue weighted by Crippen LogP contribution is -1.97. The number of unbranched alkanes of at least 4 members (excludes halogenated alkanes) is 3. The van der Waals surface area contributed by atoms with Crippen LogP contribution < -0.4 is 4.74 Å². The number of benzene rings is 2. The predicted molar refractivity (Wildman–Crippen MR) is 93.0 cm³/mol. The topological polar surface area (TPSA) is 46.5 Å². The van der Waals surface area contributed by atoms with Crippen LogP contribution >= 0.6 is 0 Å². The van der Waals surface area contributed by atoms with Crippen LogP contribution in [0, 0.1) is 0 Å². The fourth-order valence-corrected chi connectivity index (χ4v) is 2.31. The molecular formula is C20H22O3. The Balaban J connectivity index is 1.86. The van der Waals surface area contributed by atoms with E-state index in [1.54, 1.807) is 12.1 Å². The first-order chi connectivity index (χ1) is 11.2. The Hall–Kier alpha value is -2.55. The highest BCUT2D eigenvalue weighted by molar-refractivity contribution is 5.88. The fraction of sp³-hybridized carbons (Fsp3) is 0.250. The molecule has 120 valence electrons. The Bertz CT molecular complexity index is 627. The van der Waals surface area contributed by atoms with Gasteiger partial charge in [-0.05, 0) is 61.1 Å². The molecule has 23 heavy (non-hydrogen) atoms. The van der Waals surface area contributed by atoms with Crippen LogP contribution in [0.1, 0.15) is 36.0 Å². The van der Waals surface area contributed by atoms with E-state index in [1.165, 1.54) is 0 Å². The van der Waals surface area contributed by atoms with E-state index >= 15 is 0 Å². The first-order valence-electron chi connectivity index (χ1n) is 7.88. The minimum Gasteiger partial charge on any atom is -0.494 e. The van der Waals surface area contributed by atoms with E-state index in [0.29, 0.717) is 5.56 Å². The van der Waals surface area contributed by atoms with Gasteiger partial charge in [0.1, 0.15) is 5.75 Å². The third kappa shape index (κ3) is 5.29. The van der Waals surface area contributed by atoms with Crippen LogP contribution in [0.5, 0.6) is 5.75 Å². The van der Waals surface area contributed by atoms with Crippen molar-refractivity contribution in [2.45, 2.75) is 25.7 Å². The monoisotopic (exact) mass is 310 g/mol. The molecule has 0 spiro atoms. The molecule has 1 N–H and O–H groups in total. The van der Waals surface area contributed by atoms with Crippen LogP contribution in [0.4, 0.5) is 0 Å². The summed E-state index contributed by atoms with van der Waals surface area (Å²) in [6.45, 7) is 4.44. The summed E-state index contributed by atoms with van der Waals surface area (Å²) in [4.78, 5) is 10.9. The Kier molecular flexibility index (Phi) is 6.42. The normalized spacial score (nSPS) is 10.3. The molecule has 0 bridgehead atoms. The number of carboxylic acid groups (broad SMARTS) is 1. The van der Waals surface area contributed by atoms with E-state index in [2.05, 4.69) is 6.58 Å². The largest absolute Gasteiger partial charge is 0.494 e.